The summed E-state index contributed by atoms with van der Waals surface area (Å²) in [5.41, 5.74) is -0.183. The number of hydrogen-bond donors (Lipinski definition) is 1. The lowest BCUT2D eigenvalue weighted by Crippen LogP contribution is -2.26. The predicted molar refractivity (Wildman–Crippen MR) is 91.7 cm³/mol. The molecule has 1 amide bonds. The summed E-state index contributed by atoms with van der Waals surface area (Å²) in [6.45, 7) is 6.60. The first-order valence-corrected chi connectivity index (χ1v) is 7.85. The number of nitrogens with one attached hydrogen (secondary N) is 1. The summed E-state index contributed by atoms with van der Waals surface area (Å²) in [5, 5.41) is 2.79. The fourth-order valence-corrected chi connectivity index (χ4v) is 1.85. The van der Waals surface area contributed by atoms with Crippen LogP contribution in [0.2, 0.25) is 5.02 Å². The number of carbonyl (C=O) groups excluding carboxylic acids is 3. The largest absolute Gasteiger partial charge is 0.496 e. The van der Waals surface area contributed by atoms with Crippen molar-refractivity contribution in [2.45, 2.75) is 34.1 Å². The van der Waals surface area contributed by atoms with E-state index < -0.39 is 11.4 Å². The first kappa shape index (κ1) is 20.0. The van der Waals surface area contributed by atoms with Gasteiger partial charge in [-0.05, 0) is 6.07 Å². The first-order valence-electron chi connectivity index (χ1n) is 7.48. The second-order valence-electron chi connectivity index (χ2n) is 6.18. The lowest BCUT2D eigenvalue weighted by molar-refractivity contribution is -0.129. The lowest BCUT2D eigenvalue weighted by atomic mass is 9.91. The summed E-state index contributed by atoms with van der Waals surface area (Å²) in [6.07, 6.45) is 0.289. The molecule has 0 radical (unpaired) electrons. The lowest BCUT2D eigenvalue weighted by Gasteiger charge is -2.17. The van der Waals surface area contributed by atoms with Crippen LogP contribution < -0.4 is 10.1 Å². The van der Waals surface area contributed by atoms with Crippen molar-refractivity contribution in [2.75, 3.05) is 19.0 Å². The maximum Gasteiger partial charge on any atom is 0.342 e. The number of esters is 1. The smallest absolute Gasteiger partial charge is 0.342 e. The van der Waals surface area contributed by atoms with Crippen LogP contribution >= 0.6 is 11.6 Å². The van der Waals surface area contributed by atoms with Crippen molar-refractivity contribution >= 4 is 34.9 Å². The Kier molecular flexibility index (Phi) is 6.78. The molecule has 0 fully saturated rings. The van der Waals surface area contributed by atoms with Crippen molar-refractivity contribution in [1.82, 2.24) is 0 Å². The average Bonchev–Trinajstić information content (AvgIpc) is 2.52. The zero-order valence-electron chi connectivity index (χ0n) is 14.5. The van der Waals surface area contributed by atoms with E-state index in [-0.39, 0.29) is 41.1 Å². The van der Waals surface area contributed by atoms with E-state index in [4.69, 9.17) is 21.1 Å². The van der Waals surface area contributed by atoms with Gasteiger partial charge < -0.3 is 14.8 Å². The molecule has 132 valence electrons. The van der Waals surface area contributed by atoms with Gasteiger partial charge in [0.05, 0.1) is 17.8 Å². The molecule has 0 aliphatic heterocycles. The fourth-order valence-electron chi connectivity index (χ4n) is 1.64. The number of methoxy groups -OCH3 is 1. The summed E-state index contributed by atoms with van der Waals surface area (Å²) in [5.74, 6) is -0.948. The van der Waals surface area contributed by atoms with E-state index in [1.165, 1.54) is 19.2 Å². The Balaban J connectivity index is 2.98. The van der Waals surface area contributed by atoms with Crippen molar-refractivity contribution in [1.29, 1.82) is 0 Å². The maximum absolute atomic E-state index is 12.2. The third kappa shape index (κ3) is 5.23. The van der Waals surface area contributed by atoms with Crippen LogP contribution in [0.1, 0.15) is 44.5 Å². The molecule has 1 aromatic rings. The predicted octanol–water partition coefficient (Wildman–Crippen LogP) is 3.47. The molecule has 0 heterocycles. The van der Waals surface area contributed by atoms with Crippen molar-refractivity contribution in [3.8, 4) is 5.75 Å². The van der Waals surface area contributed by atoms with Crippen LogP contribution in [0.3, 0.4) is 0 Å². The van der Waals surface area contributed by atoms with E-state index in [1.54, 1.807) is 27.7 Å². The Morgan fingerprint density at radius 2 is 1.83 bits per heavy atom. The molecule has 0 aromatic heterocycles. The van der Waals surface area contributed by atoms with Crippen molar-refractivity contribution in [3.63, 3.8) is 0 Å². The summed E-state index contributed by atoms with van der Waals surface area (Å²) >= 11 is 6.09. The Bertz CT molecular complexity index is 649. The van der Waals surface area contributed by atoms with Gasteiger partial charge in [-0.2, -0.15) is 0 Å². The van der Waals surface area contributed by atoms with E-state index in [1.807, 2.05) is 0 Å². The van der Waals surface area contributed by atoms with Crippen molar-refractivity contribution in [2.24, 2.45) is 5.41 Å². The molecule has 0 saturated carbocycles. The number of ketones is 1. The molecule has 1 rings (SSSR count). The van der Waals surface area contributed by atoms with E-state index in [0.29, 0.717) is 5.69 Å². The number of Topliss-reactive ketones (excluding diaryl/α,β-unsaturated/α-hetero) is 1. The molecule has 0 aliphatic carbocycles. The number of anilines is 1. The maximum atomic E-state index is 12.2. The highest BCUT2D eigenvalue weighted by Crippen LogP contribution is 2.31. The zero-order valence-corrected chi connectivity index (χ0v) is 15.2. The van der Waals surface area contributed by atoms with E-state index >= 15 is 0 Å². The van der Waals surface area contributed by atoms with Crippen molar-refractivity contribution in [3.05, 3.63) is 22.7 Å². The summed E-state index contributed by atoms with van der Waals surface area (Å²) in [7, 11) is 1.38. The van der Waals surface area contributed by atoms with Gasteiger partial charge in [-0.15, -0.1) is 0 Å². The normalized spacial score (nSPS) is 10.9. The topological polar surface area (TPSA) is 81.7 Å². The Morgan fingerprint density at radius 1 is 1.21 bits per heavy atom. The van der Waals surface area contributed by atoms with Crippen LogP contribution in [0.5, 0.6) is 5.75 Å². The first-order chi connectivity index (χ1) is 11.1. The monoisotopic (exact) mass is 355 g/mol. The minimum absolute atomic E-state index is 0.0821. The molecular formula is C17H22ClNO5. The molecule has 6 nitrogen and oxygen atoms in total. The zero-order chi connectivity index (χ0) is 18.5. The molecule has 0 atom stereocenters. The van der Waals surface area contributed by atoms with Gasteiger partial charge in [0.15, 0.2) is 12.4 Å². The third-order valence-corrected chi connectivity index (χ3v) is 3.59. The second-order valence-corrected chi connectivity index (χ2v) is 6.59. The molecule has 7 heteroatoms. The number of hydrogen-bond acceptors (Lipinski definition) is 5. The van der Waals surface area contributed by atoms with Crippen LogP contribution in [0.15, 0.2) is 12.1 Å². The number of halogens is 1. The minimum Gasteiger partial charge on any atom is -0.496 e. The molecule has 1 N–H and O–H groups in total. The fraction of sp³-hybridized carbons (Fsp3) is 0.471. The van der Waals surface area contributed by atoms with Gasteiger partial charge >= 0.3 is 5.97 Å². The molecule has 0 spiro atoms. The van der Waals surface area contributed by atoms with Gasteiger partial charge in [0.25, 0.3) is 0 Å². The van der Waals surface area contributed by atoms with Gasteiger partial charge in [-0.25, -0.2) is 4.79 Å². The van der Waals surface area contributed by atoms with Crippen LogP contribution in [0.25, 0.3) is 0 Å². The molecule has 24 heavy (non-hydrogen) atoms. The molecule has 1 aromatic carbocycles. The Hall–Kier alpha value is -2.08. The number of ether oxygens (including phenoxy) is 2. The summed E-state index contributed by atoms with van der Waals surface area (Å²) in [4.78, 5) is 35.5. The van der Waals surface area contributed by atoms with Crippen molar-refractivity contribution < 1.29 is 23.9 Å². The molecule has 0 saturated heterocycles. The second kappa shape index (κ2) is 8.15. The molecular weight excluding hydrogens is 334 g/mol. The SMILES string of the molecule is CCC(=O)Nc1cc(OC)c(C(=O)OCC(=O)C(C)(C)C)cc1Cl. The molecule has 0 aliphatic rings. The van der Waals surface area contributed by atoms with E-state index in [0.717, 1.165) is 0 Å². The Labute approximate surface area is 146 Å². The minimum atomic E-state index is -0.722. The van der Waals surface area contributed by atoms with Gasteiger partial charge in [-0.1, -0.05) is 39.3 Å². The van der Waals surface area contributed by atoms with Gasteiger partial charge in [0.1, 0.15) is 11.3 Å². The van der Waals surface area contributed by atoms with E-state index in [2.05, 4.69) is 5.32 Å². The average molecular weight is 356 g/mol. The number of benzene rings is 1. The van der Waals surface area contributed by atoms with Crippen LogP contribution in [-0.2, 0) is 14.3 Å². The summed E-state index contributed by atoms with van der Waals surface area (Å²) < 4.78 is 10.2. The van der Waals surface area contributed by atoms with E-state index in [9.17, 15) is 14.4 Å². The quantitative estimate of drug-likeness (QED) is 0.790. The third-order valence-electron chi connectivity index (χ3n) is 3.28. The molecule has 0 bridgehead atoms. The van der Waals surface area contributed by atoms with Crippen LogP contribution in [0, 0.1) is 5.41 Å². The highest BCUT2D eigenvalue weighted by atomic mass is 35.5. The molecule has 0 unspecified atom stereocenters. The highest BCUT2D eigenvalue weighted by Gasteiger charge is 2.24. The van der Waals surface area contributed by atoms with Gasteiger partial charge in [0.2, 0.25) is 5.91 Å². The van der Waals surface area contributed by atoms with Gasteiger partial charge in [-0.3, -0.25) is 9.59 Å². The number of rotatable bonds is 6. The Morgan fingerprint density at radius 3 is 2.33 bits per heavy atom. The highest BCUT2D eigenvalue weighted by molar-refractivity contribution is 6.34. The number of amides is 1. The number of carbonyl (C=O) groups is 3. The summed E-state index contributed by atoms with van der Waals surface area (Å²) in [6, 6.07) is 2.79. The standard InChI is InChI=1S/C17H22ClNO5/c1-6-15(21)19-12-8-13(23-5)10(7-11(12)18)16(22)24-9-14(20)17(2,3)4/h7-8H,6,9H2,1-5H3,(H,19,21). The van der Waals surface area contributed by atoms with Crippen LogP contribution in [-0.4, -0.2) is 31.4 Å². The van der Waals surface area contributed by atoms with Crippen LogP contribution in [0.4, 0.5) is 5.69 Å². The van der Waals surface area contributed by atoms with Gasteiger partial charge in [0, 0.05) is 17.9 Å².